The Balaban J connectivity index is 1.41. The van der Waals surface area contributed by atoms with E-state index in [0.717, 1.165) is 17.7 Å². The van der Waals surface area contributed by atoms with Crippen LogP contribution in [0, 0.1) is 0 Å². The molecule has 35 heavy (non-hydrogen) atoms. The third-order valence-electron chi connectivity index (χ3n) is 5.20. The number of amides is 1. The molecule has 1 aromatic heterocycles. The highest BCUT2D eigenvalue weighted by Gasteiger charge is 2.30. The predicted octanol–water partition coefficient (Wildman–Crippen LogP) is 5.14. The summed E-state index contributed by atoms with van der Waals surface area (Å²) in [6.07, 6.45) is -3.75. The van der Waals surface area contributed by atoms with Gasteiger partial charge in [0, 0.05) is 29.4 Å². The van der Waals surface area contributed by atoms with Crippen LogP contribution in [0.3, 0.4) is 0 Å². The second-order valence-electron chi connectivity index (χ2n) is 7.58. The number of carbonyl (C=O) groups excluding carboxylic acids is 2. The molecular formula is C25H19F3N4O3. The zero-order chi connectivity index (χ0) is 25.0. The average molecular weight is 480 g/mol. The maximum absolute atomic E-state index is 12.9. The third kappa shape index (κ3) is 5.55. The van der Waals surface area contributed by atoms with E-state index in [1.807, 2.05) is 0 Å². The number of ether oxygens (including phenoxy) is 1. The van der Waals surface area contributed by atoms with E-state index in [0.29, 0.717) is 34.7 Å². The quantitative estimate of drug-likeness (QED) is 0.370. The van der Waals surface area contributed by atoms with Gasteiger partial charge in [-0.15, -0.1) is 10.2 Å². The van der Waals surface area contributed by atoms with Gasteiger partial charge in [0.1, 0.15) is 18.6 Å². The number of halogens is 3. The van der Waals surface area contributed by atoms with Crippen molar-refractivity contribution in [2.45, 2.75) is 12.8 Å². The van der Waals surface area contributed by atoms with Crippen molar-refractivity contribution < 1.29 is 27.5 Å². The Kier molecular flexibility index (Phi) is 6.63. The Morgan fingerprint density at radius 2 is 1.74 bits per heavy atom. The molecule has 0 atom stereocenters. The van der Waals surface area contributed by atoms with Gasteiger partial charge in [0.25, 0.3) is 5.91 Å². The summed E-state index contributed by atoms with van der Waals surface area (Å²) >= 11 is 0. The number of nitrogens with one attached hydrogen (secondary N) is 1. The molecule has 0 aliphatic heterocycles. The Bertz CT molecular complexity index is 1350. The maximum atomic E-state index is 12.9. The first-order chi connectivity index (χ1) is 16.7. The molecule has 0 saturated heterocycles. The molecule has 178 valence electrons. The van der Waals surface area contributed by atoms with Crippen molar-refractivity contribution in [3.05, 3.63) is 95.3 Å². The smallest absolute Gasteiger partial charge is 0.416 e. The molecule has 0 unspecified atom stereocenters. The Morgan fingerprint density at radius 1 is 1.03 bits per heavy atom. The second kappa shape index (κ2) is 9.80. The number of rotatable bonds is 7. The predicted molar refractivity (Wildman–Crippen MR) is 122 cm³/mol. The standard InChI is InChI=1S/C25H19F3N4O3/c1-32-22(15-35-21-4-2-3-19(13-21)25(26,27)28)30-31-23(32)17-9-11-20(12-10-17)29-24(34)18-7-5-16(14-33)6-8-18/h2-14H,15H2,1H3,(H,29,34). The van der Waals surface area contributed by atoms with Gasteiger partial charge in [0.15, 0.2) is 11.6 Å². The van der Waals surface area contributed by atoms with Crippen LogP contribution < -0.4 is 10.1 Å². The van der Waals surface area contributed by atoms with Crippen LogP contribution in [0.1, 0.15) is 32.1 Å². The van der Waals surface area contributed by atoms with Crippen LogP contribution in [0.2, 0.25) is 0 Å². The lowest BCUT2D eigenvalue weighted by Gasteiger charge is -2.10. The van der Waals surface area contributed by atoms with E-state index in [1.165, 1.54) is 12.1 Å². The lowest BCUT2D eigenvalue weighted by atomic mass is 10.1. The highest BCUT2D eigenvalue weighted by Crippen LogP contribution is 2.31. The first kappa shape index (κ1) is 23.7. The number of carbonyl (C=O) groups is 2. The molecule has 10 heteroatoms. The average Bonchev–Trinajstić information content (AvgIpc) is 3.23. The van der Waals surface area contributed by atoms with Crippen molar-refractivity contribution >= 4 is 17.9 Å². The monoisotopic (exact) mass is 480 g/mol. The van der Waals surface area contributed by atoms with Gasteiger partial charge in [-0.25, -0.2) is 0 Å². The molecule has 0 aliphatic rings. The van der Waals surface area contributed by atoms with Crippen LogP contribution in [0.5, 0.6) is 5.75 Å². The Hall–Kier alpha value is -4.47. The van der Waals surface area contributed by atoms with Crippen LogP contribution in [0.25, 0.3) is 11.4 Å². The van der Waals surface area contributed by atoms with Crippen molar-refractivity contribution in [1.29, 1.82) is 0 Å². The molecule has 0 spiro atoms. The summed E-state index contributed by atoms with van der Waals surface area (Å²) in [4.78, 5) is 23.1. The van der Waals surface area contributed by atoms with Gasteiger partial charge in [-0.1, -0.05) is 18.2 Å². The SMILES string of the molecule is Cn1c(COc2cccc(C(F)(F)F)c2)nnc1-c1ccc(NC(=O)c2ccc(C=O)cc2)cc1. The number of hydrogen-bond acceptors (Lipinski definition) is 5. The molecule has 0 bridgehead atoms. The van der Waals surface area contributed by atoms with E-state index in [9.17, 15) is 22.8 Å². The molecule has 1 amide bonds. The number of benzene rings is 3. The molecule has 4 rings (SSSR count). The molecule has 1 N–H and O–H groups in total. The number of alkyl halides is 3. The topological polar surface area (TPSA) is 86.1 Å². The van der Waals surface area contributed by atoms with Crippen molar-refractivity contribution in [3.63, 3.8) is 0 Å². The summed E-state index contributed by atoms with van der Waals surface area (Å²) in [6, 6.07) is 17.8. The summed E-state index contributed by atoms with van der Waals surface area (Å²) in [5.74, 6) is 0.705. The van der Waals surface area contributed by atoms with Crippen LogP contribution in [-0.2, 0) is 19.8 Å². The number of aromatic nitrogens is 3. The molecule has 7 nitrogen and oxygen atoms in total. The second-order valence-corrected chi connectivity index (χ2v) is 7.58. The number of aldehydes is 1. The van der Waals surface area contributed by atoms with Crippen molar-refractivity contribution in [2.24, 2.45) is 7.05 Å². The largest absolute Gasteiger partial charge is 0.486 e. The van der Waals surface area contributed by atoms with Crippen molar-refractivity contribution in [3.8, 4) is 17.1 Å². The molecule has 4 aromatic rings. The van der Waals surface area contributed by atoms with Gasteiger partial charge in [-0.3, -0.25) is 9.59 Å². The zero-order valence-electron chi connectivity index (χ0n) is 18.4. The maximum Gasteiger partial charge on any atom is 0.416 e. The van der Waals surface area contributed by atoms with E-state index in [1.54, 1.807) is 60.1 Å². The molecular weight excluding hydrogens is 461 g/mol. The molecule has 0 aliphatic carbocycles. The normalized spacial score (nSPS) is 11.2. The molecule has 0 fully saturated rings. The van der Waals surface area contributed by atoms with E-state index in [4.69, 9.17) is 4.74 Å². The molecule has 3 aromatic carbocycles. The lowest BCUT2D eigenvalue weighted by molar-refractivity contribution is -0.137. The zero-order valence-corrected chi connectivity index (χ0v) is 18.4. The van der Waals surface area contributed by atoms with Crippen molar-refractivity contribution in [2.75, 3.05) is 5.32 Å². The number of anilines is 1. The minimum atomic E-state index is -4.45. The van der Waals surface area contributed by atoms with Crippen LogP contribution in [-0.4, -0.2) is 27.0 Å². The van der Waals surface area contributed by atoms with Gasteiger partial charge in [0.2, 0.25) is 0 Å². The fourth-order valence-corrected chi connectivity index (χ4v) is 3.27. The number of hydrogen-bond donors (Lipinski definition) is 1. The Morgan fingerprint density at radius 3 is 2.40 bits per heavy atom. The van der Waals surface area contributed by atoms with Gasteiger partial charge < -0.3 is 14.6 Å². The van der Waals surface area contributed by atoms with Crippen LogP contribution in [0.4, 0.5) is 18.9 Å². The molecule has 0 radical (unpaired) electrons. The summed E-state index contributed by atoms with van der Waals surface area (Å²) in [5.41, 5.74) is 1.39. The van der Waals surface area contributed by atoms with Crippen LogP contribution >= 0.6 is 0 Å². The van der Waals surface area contributed by atoms with E-state index >= 15 is 0 Å². The fraction of sp³-hybridized carbons (Fsp3) is 0.120. The van der Waals surface area contributed by atoms with Crippen molar-refractivity contribution in [1.82, 2.24) is 14.8 Å². The first-order valence-corrected chi connectivity index (χ1v) is 10.4. The van der Waals surface area contributed by atoms with Gasteiger partial charge >= 0.3 is 6.18 Å². The minimum Gasteiger partial charge on any atom is -0.486 e. The highest BCUT2D eigenvalue weighted by molar-refractivity contribution is 6.04. The molecule has 1 heterocycles. The van der Waals surface area contributed by atoms with Crippen LogP contribution in [0.15, 0.2) is 72.8 Å². The van der Waals surface area contributed by atoms with Gasteiger partial charge in [-0.2, -0.15) is 13.2 Å². The van der Waals surface area contributed by atoms with E-state index in [-0.39, 0.29) is 18.3 Å². The summed E-state index contributed by atoms with van der Waals surface area (Å²) in [7, 11) is 1.72. The molecule has 0 saturated carbocycles. The Labute approximate surface area is 198 Å². The van der Waals surface area contributed by atoms with E-state index < -0.39 is 11.7 Å². The summed E-state index contributed by atoms with van der Waals surface area (Å²) in [6.45, 7) is -0.0676. The van der Waals surface area contributed by atoms with Gasteiger partial charge in [0.05, 0.1) is 5.56 Å². The minimum absolute atomic E-state index is 0.0676. The highest BCUT2D eigenvalue weighted by atomic mass is 19.4. The first-order valence-electron chi connectivity index (χ1n) is 10.4. The summed E-state index contributed by atoms with van der Waals surface area (Å²) in [5, 5.41) is 11.0. The van der Waals surface area contributed by atoms with E-state index in [2.05, 4.69) is 15.5 Å². The number of nitrogens with zero attached hydrogens (tertiary/aromatic N) is 3. The third-order valence-corrected chi connectivity index (χ3v) is 5.20. The fourth-order valence-electron chi connectivity index (χ4n) is 3.27. The lowest BCUT2D eigenvalue weighted by Crippen LogP contribution is -2.11. The van der Waals surface area contributed by atoms with Gasteiger partial charge in [-0.05, 0) is 54.6 Å². The summed E-state index contributed by atoms with van der Waals surface area (Å²) < 4.78 is 45.8.